The van der Waals surface area contributed by atoms with Crippen molar-refractivity contribution in [3.05, 3.63) is 80.6 Å². The average molecular weight is 457 g/mol. The predicted octanol–water partition coefficient (Wildman–Crippen LogP) is 5.11. The van der Waals surface area contributed by atoms with Crippen molar-refractivity contribution in [3.8, 4) is 5.69 Å². The minimum atomic E-state index is -0.855. The van der Waals surface area contributed by atoms with E-state index in [1.165, 1.54) is 6.21 Å². The Hall–Kier alpha value is -3.09. The summed E-state index contributed by atoms with van der Waals surface area (Å²) < 4.78 is 1.97. The maximum atomic E-state index is 12.2. The number of benzene rings is 2. The lowest BCUT2D eigenvalue weighted by atomic mass is 10.1. The van der Waals surface area contributed by atoms with Gasteiger partial charge in [0.1, 0.15) is 0 Å². The molecule has 0 radical (unpaired) electrons. The van der Waals surface area contributed by atoms with Crippen LogP contribution in [0.3, 0.4) is 0 Å². The van der Waals surface area contributed by atoms with Crippen LogP contribution in [0.15, 0.2) is 47.6 Å². The van der Waals surface area contributed by atoms with Gasteiger partial charge in [-0.05, 0) is 69.2 Å². The van der Waals surface area contributed by atoms with E-state index in [4.69, 9.17) is 23.2 Å². The number of anilines is 1. The normalized spacial score (nSPS) is 11.0. The smallest absolute Gasteiger partial charge is 0.317 e. The first-order valence-electron chi connectivity index (χ1n) is 9.53. The van der Waals surface area contributed by atoms with Crippen LogP contribution < -0.4 is 10.7 Å². The van der Waals surface area contributed by atoms with E-state index in [1.54, 1.807) is 18.2 Å². The molecular formula is C23H22Cl2N4O2. The number of carbonyl (C=O) groups is 2. The van der Waals surface area contributed by atoms with Crippen LogP contribution in [0.4, 0.5) is 5.69 Å². The zero-order valence-corrected chi connectivity index (χ0v) is 19.1. The van der Waals surface area contributed by atoms with Crippen molar-refractivity contribution in [2.24, 2.45) is 5.10 Å². The molecule has 2 N–H and O–H groups in total. The van der Waals surface area contributed by atoms with Gasteiger partial charge in [0.25, 0.3) is 0 Å². The molecule has 0 spiro atoms. The second kappa shape index (κ2) is 9.37. The Morgan fingerprint density at radius 2 is 1.71 bits per heavy atom. The van der Waals surface area contributed by atoms with Crippen LogP contribution in [0.5, 0.6) is 0 Å². The van der Waals surface area contributed by atoms with Gasteiger partial charge in [-0.25, -0.2) is 5.43 Å². The topological polar surface area (TPSA) is 75.5 Å². The van der Waals surface area contributed by atoms with Crippen LogP contribution in [0.2, 0.25) is 10.0 Å². The summed E-state index contributed by atoms with van der Waals surface area (Å²) in [4.78, 5) is 24.3. The lowest BCUT2D eigenvalue weighted by molar-refractivity contribution is -0.136. The summed E-state index contributed by atoms with van der Waals surface area (Å²) in [7, 11) is 0. The van der Waals surface area contributed by atoms with Gasteiger partial charge in [0.2, 0.25) is 0 Å². The Morgan fingerprint density at radius 3 is 2.42 bits per heavy atom. The molecule has 1 aromatic heterocycles. The van der Waals surface area contributed by atoms with Gasteiger partial charge in [0, 0.05) is 27.7 Å². The van der Waals surface area contributed by atoms with E-state index >= 15 is 0 Å². The Bertz CT molecular complexity index is 1200. The van der Waals surface area contributed by atoms with Crippen molar-refractivity contribution in [2.45, 2.75) is 27.7 Å². The summed E-state index contributed by atoms with van der Waals surface area (Å²) >= 11 is 12.3. The Kier molecular flexibility index (Phi) is 6.83. The van der Waals surface area contributed by atoms with Gasteiger partial charge in [-0.1, -0.05) is 35.3 Å². The molecule has 1 heterocycles. The average Bonchev–Trinajstić information content (AvgIpc) is 2.98. The van der Waals surface area contributed by atoms with Gasteiger partial charge < -0.3 is 9.88 Å². The first kappa shape index (κ1) is 22.6. The highest BCUT2D eigenvalue weighted by molar-refractivity contribution is 6.39. The fourth-order valence-electron chi connectivity index (χ4n) is 3.21. The summed E-state index contributed by atoms with van der Waals surface area (Å²) in [5.74, 6) is -1.64. The Labute approximate surface area is 190 Å². The van der Waals surface area contributed by atoms with Gasteiger partial charge >= 0.3 is 11.8 Å². The molecule has 3 aromatic rings. The maximum Gasteiger partial charge on any atom is 0.329 e. The van der Waals surface area contributed by atoms with Crippen LogP contribution in [-0.2, 0) is 9.59 Å². The molecule has 0 bridgehead atoms. The highest BCUT2D eigenvalue weighted by atomic mass is 35.5. The van der Waals surface area contributed by atoms with Crippen molar-refractivity contribution >= 4 is 46.9 Å². The minimum absolute atomic E-state index is 0.522. The first-order chi connectivity index (χ1) is 14.7. The molecule has 0 saturated heterocycles. The number of halogens is 2. The van der Waals surface area contributed by atoms with Gasteiger partial charge in [-0.3, -0.25) is 9.59 Å². The predicted molar refractivity (Wildman–Crippen MR) is 126 cm³/mol. The number of rotatable bonds is 4. The van der Waals surface area contributed by atoms with E-state index in [1.807, 2.05) is 56.5 Å². The zero-order valence-electron chi connectivity index (χ0n) is 17.6. The largest absolute Gasteiger partial charge is 0.329 e. The molecular weight excluding hydrogens is 435 g/mol. The number of hydrogen-bond acceptors (Lipinski definition) is 3. The van der Waals surface area contributed by atoms with Gasteiger partial charge in [0.15, 0.2) is 0 Å². The van der Waals surface area contributed by atoms with E-state index in [-0.39, 0.29) is 0 Å². The van der Waals surface area contributed by atoms with E-state index in [0.717, 1.165) is 33.8 Å². The number of hydrazone groups is 1. The summed E-state index contributed by atoms with van der Waals surface area (Å²) in [5, 5.41) is 7.62. The lowest BCUT2D eigenvalue weighted by Crippen LogP contribution is -2.32. The quantitative estimate of drug-likeness (QED) is 0.325. The molecule has 2 amide bonds. The summed E-state index contributed by atoms with van der Waals surface area (Å²) in [5.41, 5.74) is 8.08. The molecule has 31 heavy (non-hydrogen) atoms. The summed E-state index contributed by atoms with van der Waals surface area (Å²) in [6.07, 6.45) is 1.49. The van der Waals surface area contributed by atoms with Crippen molar-refractivity contribution in [1.29, 1.82) is 0 Å². The third-order valence-electron chi connectivity index (χ3n) is 4.84. The minimum Gasteiger partial charge on any atom is -0.317 e. The molecule has 6 nitrogen and oxygen atoms in total. The highest BCUT2D eigenvalue weighted by Crippen LogP contribution is 2.28. The van der Waals surface area contributed by atoms with Crippen molar-refractivity contribution in [1.82, 2.24) is 9.99 Å². The van der Waals surface area contributed by atoms with Gasteiger partial charge in [-0.2, -0.15) is 5.10 Å². The molecule has 0 atom stereocenters. The first-order valence-corrected chi connectivity index (χ1v) is 10.3. The number of aromatic nitrogens is 1. The molecule has 8 heteroatoms. The van der Waals surface area contributed by atoms with E-state index < -0.39 is 11.8 Å². The van der Waals surface area contributed by atoms with E-state index in [0.29, 0.717) is 15.7 Å². The molecule has 0 saturated carbocycles. The maximum absolute atomic E-state index is 12.2. The third kappa shape index (κ3) is 5.16. The molecule has 3 rings (SSSR count). The van der Waals surface area contributed by atoms with Crippen molar-refractivity contribution in [2.75, 3.05) is 5.32 Å². The molecule has 0 aliphatic heterocycles. The second-order valence-corrected chi connectivity index (χ2v) is 8.07. The van der Waals surface area contributed by atoms with Crippen LogP contribution in [0, 0.1) is 27.7 Å². The van der Waals surface area contributed by atoms with Crippen LogP contribution >= 0.6 is 23.2 Å². The third-order valence-corrected chi connectivity index (χ3v) is 5.38. The Balaban J connectivity index is 1.72. The number of nitrogens with one attached hydrogen (secondary N) is 2. The number of aryl methyl sites for hydroxylation is 3. The monoisotopic (exact) mass is 456 g/mol. The molecule has 0 aliphatic carbocycles. The van der Waals surface area contributed by atoms with Gasteiger partial charge in [0.05, 0.1) is 16.9 Å². The SMILES string of the molecule is Cc1ccc(C)c(NC(=O)C(=O)N/N=C\c2cc(C)n(-c3ccc(Cl)cc3Cl)c2C)c1. The van der Waals surface area contributed by atoms with Crippen LogP contribution in [0.1, 0.15) is 28.1 Å². The summed E-state index contributed by atoms with van der Waals surface area (Å²) in [6, 6.07) is 12.8. The molecule has 0 fully saturated rings. The fourth-order valence-corrected chi connectivity index (χ4v) is 3.71. The van der Waals surface area contributed by atoms with E-state index in [2.05, 4.69) is 15.8 Å². The Morgan fingerprint density at radius 1 is 0.968 bits per heavy atom. The standard InChI is InChI=1S/C23H22Cl2N4O2/c1-13-5-6-14(2)20(9-13)27-22(30)23(31)28-26-12-17-10-15(3)29(16(17)4)21-8-7-18(24)11-19(21)25/h5-12H,1-4H3,(H,27,30)(H,28,31)/b26-12-. The number of carbonyl (C=O) groups excluding carboxylic acids is 2. The molecule has 2 aromatic carbocycles. The zero-order chi connectivity index (χ0) is 22.7. The highest BCUT2D eigenvalue weighted by Gasteiger charge is 2.15. The fraction of sp³-hybridized carbons (Fsp3) is 0.174. The van der Waals surface area contributed by atoms with Crippen LogP contribution in [-0.4, -0.2) is 22.6 Å². The molecule has 160 valence electrons. The van der Waals surface area contributed by atoms with E-state index in [9.17, 15) is 9.59 Å². The number of nitrogens with zero attached hydrogens (tertiary/aromatic N) is 2. The molecule has 0 unspecified atom stereocenters. The second-order valence-electron chi connectivity index (χ2n) is 7.23. The van der Waals surface area contributed by atoms with Crippen molar-refractivity contribution < 1.29 is 9.59 Å². The number of hydrogen-bond donors (Lipinski definition) is 2. The van der Waals surface area contributed by atoms with Gasteiger partial charge in [-0.15, -0.1) is 0 Å². The van der Waals surface area contributed by atoms with Crippen molar-refractivity contribution in [3.63, 3.8) is 0 Å². The molecule has 0 aliphatic rings. The van der Waals surface area contributed by atoms with Crippen LogP contribution in [0.25, 0.3) is 5.69 Å². The summed E-state index contributed by atoms with van der Waals surface area (Å²) in [6.45, 7) is 7.61. The number of amides is 2. The lowest BCUT2D eigenvalue weighted by Gasteiger charge is -2.11.